The van der Waals surface area contributed by atoms with Crippen molar-refractivity contribution in [1.29, 1.82) is 0 Å². The normalized spacial score (nSPS) is 13.9. The number of hydrogen-bond donors (Lipinski definition) is 1. The quantitative estimate of drug-likeness (QED) is 0.226. The Hall–Kier alpha value is -4.40. The molecule has 1 heterocycles. The molecule has 0 aromatic heterocycles. The Balaban J connectivity index is 1.45. The molecule has 0 atom stereocenters. The van der Waals surface area contributed by atoms with E-state index in [2.05, 4.69) is 5.32 Å². The fourth-order valence-corrected chi connectivity index (χ4v) is 8.05. The Morgan fingerprint density at radius 2 is 1.57 bits per heavy atom. The molecule has 0 aliphatic carbocycles. The van der Waals surface area contributed by atoms with E-state index in [1.165, 1.54) is 22.5 Å². The van der Waals surface area contributed by atoms with Crippen molar-refractivity contribution in [3.8, 4) is 5.75 Å². The lowest BCUT2D eigenvalue weighted by molar-refractivity contribution is -0.153. The number of nitrogens with zero attached hydrogens (tertiary/aromatic N) is 2. The Morgan fingerprint density at radius 1 is 0.870 bits per heavy atom. The molecule has 1 N–H and O–H groups in total. The molecule has 0 bridgehead atoms. The summed E-state index contributed by atoms with van der Waals surface area (Å²) in [4.78, 5) is 12.9. The van der Waals surface area contributed by atoms with Gasteiger partial charge in [0, 0.05) is 25.2 Å². The topological polar surface area (TPSA) is 113 Å². The van der Waals surface area contributed by atoms with Crippen molar-refractivity contribution in [2.75, 3.05) is 29.3 Å². The van der Waals surface area contributed by atoms with Crippen LogP contribution in [0, 0.1) is 0 Å². The molecule has 0 saturated carbocycles. The number of carbonyl (C=O) groups excluding carboxylic acids is 1. The number of amides is 1. The molecule has 4 aromatic carbocycles. The van der Waals surface area contributed by atoms with Crippen LogP contribution in [0.4, 0.5) is 24.5 Å². The zero-order valence-corrected chi connectivity index (χ0v) is 26.2. The molecule has 0 unspecified atom stereocenters. The highest BCUT2D eigenvalue weighted by Crippen LogP contribution is 2.33. The highest BCUT2D eigenvalue weighted by molar-refractivity contribution is 7.92. The van der Waals surface area contributed by atoms with E-state index < -0.39 is 44.5 Å². The van der Waals surface area contributed by atoms with Crippen molar-refractivity contribution in [3.05, 3.63) is 114 Å². The molecule has 0 saturated heterocycles. The molecule has 242 valence electrons. The van der Waals surface area contributed by atoms with Crippen LogP contribution in [0.1, 0.15) is 28.4 Å². The summed E-state index contributed by atoms with van der Waals surface area (Å²) >= 11 is 0. The van der Waals surface area contributed by atoms with Crippen LogP contribution in [0.25, 0.3) is 0 Å². The molecular formula is C32H30F3N3O6S2. The van der Waals surface area contributed by atoms with Crippen molar-refractivity contribution >= 4 is 37.3 Å². The number of ether oxygens (including phenoxy) is 1. The third-order valence-corrected chi connectivity index (χ3v) is 11.1. The van der Waals surface area contributed by atoms with Crippen LogP contribution >= 0.6 is 0 Å². The SMILES string of the molecule is CCN(c1ccccc1)S(=O)(=O)c1ccc(OCC(F)(F)F)c(NC(=O)c2cccc(S(=O)(=O)N3CCc4ccccc4C3)c2)c1. The summed E-state index contributed by atoms with van der Waals surface area (Å²) in [5.41, 5.74) is 1.83. The van der Waals surface area contributed by atoms with Gasteiger partial charge in [0.05, 0.1) is 21.2 Å². The van der Waals surface area contributed by atoms with Crippen LogP contribution in [0.15, 0.2) is 107 Å². The Morgan fingerprint density at radius 3 is 2.26 bits per heavy atom. The van der Waals surface area contributed by atoms with Crippen LogP contribution in [-0.4, -0.2) is 52.9 Å². The van der Waals surface area contributed by atoms with Crippen molar-refractivity contribution in [3.63, 3.8) is 0 Å². The minimum atomic E-state index is -4.71. The van der Waals surface area contributed by atoms with Crippen molar-refractivity contribution in [2.45, 2.75) is 35.9 Å². The molecule has 14 heteroatoms. The standard InChI is InChI=1S/C32H30F3N3O6S2/c1-2-38(26-12-4-3-5-13-26)46(42,43)28-15-16-30(44-22-32(33,34)35)29(20-28)36-31(39)24-11-8-14-27(19-24)45(40,41)37-18-17-23-9-6-7-10-25(23)21-37/h3-16,19-20H,2,17-18,21-22H2,1H3,(H,36,39). The van der Waals surface area contributed by atoms with Crippen LogP contribution in [0.3, 0.4) is 0 Å². The summed E-state index contributed by atoms with van der Waals surface area (Å²) in [5, 5.41) is 2.42. The monoisotopic (exact) mass is 673 g/mol. The van der Waals surface area contributed by atoms with Gasteiger partial charge in [-0.25, -0.2) is 16.8 Å². The Kier molecular flexibility index (Phi) is 9.42. The number of fused-ring (bicyclic) bond motifs is 1. The first-order valence-electron chi connectivity index (χ1n) is 14.2. The average molecular weight is 674 g/mol. The van der Waals surface area contributed by atoms with Gasteiger partial charge in [-0.15, -0.1) is 0 Å². The molecule has 0 radical (unpaired) electrons. The van der Waals surface area contributed by atoms with Gasteiger partial charge < -0.3 is 10.1 Å². The third-order valence-electron chi connectivity index (χ3n) is 7.34. The number of sulfonamides is 2. The summed E-state index contributed by atoms with van der Waals surface area (Å²) in [6, 6.07) is 24.1. The Bertz CT molecular complexity index is 1950. The van der Waals surface area contributed by atoms with Crippen LogP contribution in [0.2, 0.25) is 0 Å². The largest absolute Gasteiger partial charge is 0.482 e. The van der Waals surface area contributed by atoms with E-state index in [1.54, 1.807) is 37.3 Å². The van der Waals surface area contributed by atoms with Gasteiger partial charge in [0.1, 0.15) is 5.75 Å². The summed E-state index contributed by atoms with van der Waals surface area (Å²) in [5.74, 6) is -1.31. The number of hydrogen-bond acceptors (Lipinski definition) is 6. The van der Waals surface area contributed by atoms with E-state index >= 15 is 0 Å². The summed E-state index contributed by atoms with van der Waals surface area (Å²) in [6.07, 6.45) is -4.19. The number of anilines is 2. The lowest BCUT2D eigenvalue weighted by atomic mass is 10.0. The number of benzene rings is 4. The van der Waals surface area contributed by atoms with E-state index in [9.17, 15) is 34.8 Å². The highest BCUT2D eigenvalue weighted by Gasteiger charge is 2.31. The van der Waals surface area contributed by atoms with Gasteiger partial charge >= 0.3 is 6.18 Å². The van der Waals surface area contributed by atoms with Gasteiger partial charge in [0.15, 0.2) is 6.61 Å². The third kappa shape index (κ3) is 7.19. The average Bonchev–Trinajstić information content (AvgIpc) is 3.04. The smallest absolute Gasteiger partial charge is 0.422 e. The van der Waals surface area contributed by atoms with E-state index in [-0.39, 0.29) is 40.7 Å². The number of halogens is 3. The van der Waals surface area contributed by atoms with Crippen molar-refractivity contribution in [1.82, 2.24) is 4.31 Å². The summed E-state index contributed by atoms with van der Waals surface area (Å²) in [6.45, 7) is 0.379. The van der Waals surface area contributed by atoms with Crippen LogP contribution in [0.5, 0.6) is 5.75 Å². The predicted octanol–water partition coefficient (Wildman–Crippen LogP) is 5.84. The molecule has 1 amide bonds. The highest BCUT2D eigenvalue weighted by atomic mass is 32.2. The van der Waals surface area contributed by atoms with Gasteiger partial charge in [-0.05, 0) is 73.0 Å². The van der Waals surface area contributed by atoms with Gasteiger partial charge in [-0.1, -0.05) is 48.5 Å². The maximum absolute atomic E-state index is 13.6. The van der Waals surface area contributed by atoms with Gasteiger partial charge in [-0.3, -0.25) is 9.10 Å². The zero-order chi connectivity index (χ0) is 33.1. The van der Waals surface area contributed by atoms with Crippen LogP contribution < -0.4 is 14.4 Å². The van der Waals surface area contributed by atoms with Crippen molar-refractivity contribution in [2.24, 2.45) is 0 Å². The lowest BCUT2D eigenvalue weighted by Crippen LogP contribution is -2.36. The molecule has 4 aromatic rings. The molecule has 1 aliphatic rings. The molecule has 0 fully saturated rings. The second-order valence-corrected chi connectivity index (χ2v) is 14.2. The zero-order valence-electron chi connectivity index (χ0n) is 24.6. The first-order chi connectivity index (χ1) is 21.8. The number of para-hydroxylation sites is 1. The second kappa shape index (κ2) is 13.1. The number of nitrogens with one attached hydrogen (secondary N) is 1. The number of alkyl halides is 3. The lowest BCUT2D eigenvalue weighted by Gasteiger charge is -2.28. The van der Waals surface area contributed by atoms with E-state index in [1.807, 2.05) is 24.3 Å². The number of rotatable bonds is 10. The molecule has 0 spiro atoms. The molecule has 46 heavy (non-hydrogen) atoms. The summed E-state index contributed by atoms with van der Waals surface area (Å²) < 4.78 is 101. The van der Waals surface area contributed by atoms with Gasteiger partial charge in [0.2, 0.25) is 10.0 Å². The molecule has 1 aliphatic heterocycles. The van der Waals surface area contributed by atoms with Crippen molar-refractivity contribution < 1.29 is 39.5 Å². The van der Waals surface area contributed by atoms with Crippen LogP contribution in [-0.2, 0) is 33.0 Å². The van der Waals surface area contributed by atoms with E-state index in [4.69, 9.17) is 4.74 Å². The van der Waals surface area contributed by atoms with E-state index in [0.29, 0.717) is 12.1 Å². The Labute approximate surface area is 265 Å². The summed E-state index contributed by atoms with van der Waals surface area (Å²) in [7, 11) is -8.24. The first kappa shape index (κ1) is 33.0. The van der Waals surface area contributed by atoms with E-state index in [0.717, 1.165) is 39.7 Å². The minimum Gasteiger partial charge on any atom is -0.482 e. The molecular weight excluding hydrogens is 643 g/mol. The maximum Gasteiger partial charge on any atom is 0.422 e. The second-order valence-electron chi connectivity index (χ2n) is 10.4. The fraction of sp³-hybridized carbons (Fsp3) is 0.219. The van der Waals surface area contributed by atoms with Gasteiger partial charge in [0.25, 0.3) is 15.9 Å². The fourth-order valence-electron chi connectivity index (χ4n) is 5.08. The molecule has 5 rings (SSSR count). The minimum absolute atomic E-state index is 0.0459. The maximum atomic E-state index is 13.6. The first-order valence-corrected chi connectivity index (χ1v) is 17.1. The molecule has 9 nitrogen and oxygen atoms in total. The number of carbonyl (C=O) groups is 1. The predicted molar refractivity (Wildman–Crippen MR) is 167 cm³/mol. The van der Waals surface area contributed by atoms with Gasteiger partial charge in [-0.2, -0.15) is 17.5 Å².